The number of amides is 4. The molecule has 3 aromatic carbocycles. The summed E-state index contributed by atoms with van der Waals surface area (Å²) in [4.78, 5) is 43.6. The zero-order valence-electron chi connectivity index (χ0n) is 25.6. The number of nitrogens with zero attached hydrogens (tertiary/aromatic N) is 4. The van der Waals surface area contributed by atoms with Gasteiger partial charge >= 0.3 is 6.03 Å². The second-order valence-electron chi connectivity index (χ2n) is 11.4. The number of benzene rings is 3. The maximum atomic E-state index is 13.8. The fourth-order valence-corrected chi connectivity index (χ4v) is 5.47. The standard InChI is InChI=1S/C33H38N6O5/c1-20-17-39(22(3)19-40)32(42)25-13-9-15-27(34-31(41)28-16-21(2)36-38(28)5)30(25)44-29(20)18-37(4)33(43)35-26-14-8-11-23-10-6-7-12-24(23)26/h6-16,20,22,29,40H,17-19H2,1-5H3,(H,34,41)(H,35,43)/t20-,22+,29+/m0/s1. The van der Waals surface area contributed by atoms with E-state index < -0.39 is 18.1 Å². The van der Waals surface area contributed by atoms with Crippen molar-refractivity contribution in [2.24, 2.45) is 13.0 Å². The van der Waals surface area contributed by atoms with Gasteiger partial charge < -0.3 is 30.3 Å². The molecule has 4 amide bonds. The van der Waals surface area contributed by atoms with Crippen LogP contribution in [-0.4, -0.2) is 81.4 Å². The molecule has 2 heterocycles. The SMILES string of the molecule is Cc1cc(C(=O)Nc2cccc3c2O[C@H](CN(C)C(=O)Nc2cccc4ccccc24)[C@@H](C)CN([C@H](C)CO)C3=O)n(C)n1. The molecule has 3 N–H and O–H groups in total. The lowest BCUT2D eigenvalue weighted by molar-refractivity contribution is 0.0372. The highest BCUT2D eigenvalue weighted by molar-refractivity contribution is 6.06. The zero-order valence-corrected chi connectivity index (χ0v) is 25.6. The molecule has 44 heavy (non-hydrogen) atoms. The van der Waals surface area contributed by atoms with Crippen LogP contribution in [0.1, 0.15) is 40.4 Å². The van der Waals surface area contributed by atoms with Crippen molar-refractivity contribution in [1.29, 1.82) is 0 Å². The van der Waals surface area contributed by atoms with Crippen molar-refractivity contribution in [2.75, 3.05) is 37.4 Å². The lowest BCUT2D eigenvalue weighted by Gasteiger charge is -2.38. The number of fused-ring (bicyclic) bond motifs is 2. The number of likely N-dealkylation sites (N-methyl/N-ethyl adjacent to an activating group) is 1. The number of para-hydroxylation sites is 1. The quantitative estimate of drug-likeness (QED) is 0.287. The van der Waals surface area contributed by atoms with E-state index >= 15 is 0 Å². The van der Waals surface area contributed by atoms with Crippen LogP contribution in [0.2, 0.25) is 0 Å². The van der Waals surface area contributed by atoms with Gasteiger partial charge in [0.1, 0.15) is 11.8 Å². The summed E-state index contributed by atoms with van der Waals surface area (Å²) >= 11 is 0. The third-order valence-corrected chi connectivity index (χ3v) is 8.01. The highest BCUT2D eigenvalue weighted by atomic mass is 16.5. The molecule has 230 valence electrons. The first-order chi connectivity index (χ1) is 21.1. The van der Waals surface area contributed by atoms with Crippen LogP contribution in [0.15, 0.2) is 66.7 Å². The number of urea groups is 1. The summed E-state index contributed by atoms with van der Waals surface area (Å²) in [5.41, 5.74) is 2.31. The summed E-state index contributed by atoms with van der Waals surface area (Å²) in [6.07, 6.45) is -0.560. The first kappa shape index (κ1) is 30.6. The maximum Gasteiger partial charge on any atom is 0.321 e. The van der Waals surface area contributed by atoms with Crippen LogP contribution in [0.4, 0.5) is 16.2 Å². The summed E-state index contributed by atoms with van der Waals surface area (Å²) < 4.78 is 8.05. The fourth-order valence-electron chi connectivity index (χ4n) is 5.47. The molecule has 1 aromatic heterocycles. The number of aliphatic hydroxyl groups excluding tert-OH is 1. The topological polar surface area (TPSA) is 129 Å². The lowest BCUT2D eigenvalue weighted by Crippen LogP contribution is -2.50. The van der Waals surface area contributed by atoms with E-state index in [0.717, 1.165) is 10.8 Å². The van der Waals surface area contributed by atoms with Gasteiger partial charge in [0.05, 0.1) is 41.8 Å². The summed E-state index contributed by atoms with van der Waals surface area (Å²) in [5.74, 6) is -0.755. The molecular weight excluding hydrogens is 560 g/mol. The number of carbonyl (C=O) groups excluding carboxylic acids is 3. The van der Waals surface area contributed by atoms with E-state index in [-0.39, 0.29) is 42.3 Å². The van der Waals surface area contributed by atoms with Crippen LogP contribution in [0, 0.1) is 12.8 Å². The molecule has 0 spiro atoms. The Labute approximate surface area is 256 Å². The van der Waals surface area contributed by atoms with Crippen LogP contribution in [0.3, 0.4) is 0 Å². The number of rotatable bonds is 7. The highest BCUT2D eigenvalue weighted by Gasteiger charge is 2.35. The average Bonchev–Trinajstić information content (AvgIpc) is 3.36. The van der Waals surface area contributed by atoms with E-state index in [1.807, 2.05) is 49.4 Å². The zero-order chi connectivity index (χ0) is 31.5. The van der Waals surface area contributed by atoms with Gasteiger partial charge in [-0.1, -0.05) is 49.4 Å². The first-order valence-corrected chi connectivity index (χ1v) is 14.6. The van der Waals surface area contributed by atoms with E-state index in [4.69, 9.17) is 4.74 Å². The molecule has 0 bridgehead atoms. The predicted octanol–water partition coefficient (Wildman–Crippen LogP) is 4.52. The Bertz CT molecular complexity index is 1700. The third kappa shape index (κ3) is 6.23. The number of ether oxygens (including phenoxy) is 1. The molecule has 3 atom stereocenters. The Kier molecular flexibility index (Phi) is 8.86. The summed E-state index contributed by atoms with van der Waals surface area (Å²) in [7, 11) is 3.37. The van der Waals surface area contributed by atoms with Gasteiger partial charge in [-0.3, -0.25) is 14.3 Å². The molecule has 0 unspecified atom stereocenters. The summed E-state index contributed by atoms with van der Waals surface area (Å²) in [5, 5.41) is 22.1. The van der Waals surface area contributed by atoms with Crippen LogP contribution in [-0.2, 0) is 7.05 Å². The van der Waals surface area contributed by atoms with Crippen molar-refractivity contribution in [3.05, 3.63) is 83.7 Å². The van der Waals surface area contributed by atoms with Crippen LogP contribution in [0.5, 0.6) is 5.75 Å². The number of aromatic nitrogens is 2. The number of hydrogen-bond acceptors (Lipinski definition) is 6. The van der Waals surface area contributed by atoms with Crippen molar-refractivity contribution < 1.29 is 24.2 Å². The van der Waals surface area contributed by atoms with Gasteiger partial charge in [0.2, 0.25) is 0 Å². The molecule has 11 nitrogen and oxygen atoms in total. The molecule has 1 aliphatic rings. The number of carbonyl (C=O) groups is 3. The van der Waals surface area contributed by atoms with Crippen LogP contribution < -0.4 is 15.4 Å². The minimum Gasteiger partial charge on any atom is -0.485 e. The Morgan fingerprint density at radius 3 is 2.52 bits per heavy atom. The molecule has 0 fully saturated rings. The molecule has 11 heteroatoms. The Morgan fingerprint density at radius 2 is 1.80 bits per heavy atom. The van der Waals surface area contributed by atoms with Crippen LogP contribution >= 0.6 is 0 Å². The number of hydrogen-bond donors (Lipinski definition) is 3. The molecule has 5 rings (SSSR count). The Balaban J connectivity index is 1.45. The molecule has 1 aliphatic heterocycles. The van der Waals surface area contributed by atoms with Crippen molar-refractivity contribution in [2.45, 2.75) is 32.9 Å². The fraction of sp³-hybridized carbons (Fsp3) is 0.333. The maximum absolute atomic E-state index is 13.8. The molecule has 4 aromatic rings. The van der Waals surface area contributed by atoms with Gasteiger partial charge in [0.25, 0.3) is 11.8 Å². The lowest BCUT2D eigenvalue weighted by atomic mass is 9.99. The normalized spacial score (nSPS) is 17.2. The predicted molar refractivity (Wildman–Crippen MR) is 169 cm³/mol. The van der Waals surface area contributed by atoms with Gasteiger partial charge in [-0.2, -0.15) is 5.10 Å². The van der Waals surface area contributed by atoms with Crippen LogP contribution in [0.25, 0.3) is 10.8 Å². The largest absolute Gasteiger partial charge is 0.485 e. The van der Waals surface area contributed by atoms with E-state index in [1.54, 1.807) is 62.0 Å². The molecule has 0 radical (unpaired) electrons. The smallest absolute Gasteiger partial charge is 0.321 e. The van der Waals surface area contributed by atoms with E-state index in [9.17, 15) is 19.5 Å². The van der Waals surface area contributed by atoms with E-state index in [2.05, 4.69) is 15.7 Å². The monoisotopic (exact) mass is 598 g/mol. The number of aliphatic hydroxyl groups is 1. The van der Waals surface area contributed by atoms with Gasteiger partial charge in [-0.05, 0) is 43.5 Å². The second kappa shape index (κ2) is 12.8. The number of aryl methyl sites for hydroxylation is 2. The number of anilines is 2. The van der Waals surface area contributed by atoms with Crippen molar-refractivity contribution in [1.82, 2.24) is 19.6 Å². The number of nitrogens with one attached hydrogen (secondary N) is 2. The van der Waals surface area contributed by atoms with Gasteiger partial charge in [0.15, 0.2) is 5.75 Å². The van der Waals surface area contributed by atoms with Gasteiger partial charge in [-0.15, -0.1) is 0 Å². The van der Waals surface area contributed by atoms with E-state index in [1.165, 1.54) is 4.68 Å². The Hall–Kier alpha value is -4.90. The van der Waals surface area contributed by atoms with E-state index in [0.29, 0.717) is 29.3 Å². The van der Waals surface area contributed by atoms with Crippen molar-refractivity contribution in [3.63, 3.8) is 0 Å². The minimum atomic E-state index is -0.560. The van der Waals surface area contributed by atoms with Gasteiger partial charge in [-0.25, -0.2) is 4.79 Å². The average molecular weight is 599 g/mol. The van der Waals surface area contributed by atoms with Crippen molar-refractivity contribution in [3.8, 4) is 5.75 Å². The molecule has 0 saturated heterocycles. The Morgan fingerprint density at radius 1 is 1.09 bits per heavy atom. The van der Waals surface area contributed by atoms with Crippen molar-refractivity contribution >= 4 is 40.0 Å². The summed E-state index contributed by atoms with van der Waals surface area (Å²) in [6, 6.07) is 19.5. The molecular formula is C33H38N6O5. The van der Waals surface area contributed by atoms with Gasteiger partial charge in [0, 0.05) is 31.9 Å². The minimum absolute atomic E-state index is 0.190. The highest BCUT2D eigenvalue weighted by Crippen LogP contribution is 2.35. The molecule has 0 saturated carbocycles. The third-order valence-electron chi connectivity index (χ3n) is 8.01. The second-order valence-corrected chi connectivity index (χ2v) is 11.4. The molecule has 0 aliphatic carbocycles. The summed E-state index contributed by atoms with van der Waals surface area (Å²) in [6.45, 7) is 5.79. The first-order valence-electron chi connectivity index (χ1n) is 14.6.